The number of amides is 1. The standard InChI is InChI=1S/C25H34Cl2N2O4S/c1-7-18(6)29(25(30)17(4)5)16-19-10-11-20(28(8-2)9-3)14-24(19)33-34(31,32)21-12-13-22(26)23(27)15-21/h10-15,17-18H,7-9,16H2,1-6H3/t18-/m1/s1. The minimum absolute atomic E-state index is 0.000426. The molecule has 0 saturated heterocycles. The Morgan fingerprint density at radius 3 is 2.15 bits per heavy atom. The van der Waals surface area contributed by atoms with Crippen molar-refractivity contribution in [1.29, 1.82) is 0 Å². The maximum atomic E-state index is 13.1. The van der Waals surface area contributed by atoms with Gasteiger partial charge in [0.25, 0.3) is 0 Å². The van der Waals surface area contributed by atoms with Crippen molar-refractivity contribution in [2.75, 3.05) is 18.0 Å². The van der Waals surface area contributed by atoms with Gasteiger partial charge in [0.1, 0.15) is 10.6 Å². The van der Waals surface area contributed by atoms with E-state index >= 15 is 0 Å². The molecule has 0 heterocycles. The van der Waals surface area contributed by atoms with E-state index in [1.807, 2.05) is 53.7 Å². The Kier molecular flexibility index (Phi) is 10.1. The topological polar surface area (TPSA) is 66.9 Å². The van der Waals surface area contributed by atoms with Gasteiger partial charge in [-0.1, -0.05) is 50.0 Å². The third kappa shape index (κ3) is 6.80. The van der Waals surface area contributed by atoms with Crippen LogP contribution in [0.25, 0.3) is 0 Å². The highest BCUT2D eigenvalue weighted by Gasteiger charge is 2.26. The molecule has 0 fully saturated rings. The summed E-state index contributed by atoms with van der Waals surface area (Å²) in [5, 5.41) is 0.371. The average Bonchev–Trinajstić information content (AvgIpc) is 2.79. The molecule has 9 heteroatoms. The van der Waals surface area contributed by atoms with Crippen molar-refractivity contribution >= 4 is 44.9 Å². The first-order valence-corrected chi connectivity index (χ1v) is 13.7. The Labute approximate surface area is 213 Å². The molecule has 0 saturated carbocycles. The molecule has 0 radical (unpaired) electrons. The molecule has 0 N–H and O–H groups in total. The lowest BCUT2D eigenvalue weighted by atomic mass is 10.1. The van der Waals surface area contributed by atoms with Gasteiger partial charge in [0.2, 0.25) is 5.91 Å². The van der Waals surface area contributed by atoms with Crippen LogP contribution < -0.4 is 9.08 Å². The second-order valence-electron chi connectivity index (χ2n) is 8.46. The number of benzene rings is 2. The van der Waals surface area contributed by atoms with Gasteiger partial charge in [-0.3, -0.25) is 4.79 Å². The second-order valence-corrected chi connectivity index (χ2v) is 10.8. The van der Waals surface area contributed by atoms with Crippen molar-refractivity contribution in [3.05, 3.63) is 52.0 Å². The summed E-state index contributed by atoms with van der Waals surface area (Å²) in [5.41, 5.74) is 1.44. The number of carbonyl (C=O) groups excluding carboxylic acids is 1. The molecule has 1 amide bonds. The molecule has 2 aromatic rings. The predicted octanol–water partition coefficient (Wildman–Crippen LogP) is 6.39. The SMILES string of the molecule is CC[C@@H](C)N(Cc1ccc(N(CC)CC)cc1OS(=O)(=O)c1ccc(Cl)c(Cl)c1)C(=O)C(C)C. The van der Waals surface area contributed by atoms with Gasteiger partial charge in [-0.2, -0.15) is 8.42 Å². The van der Waals surface area contributed by atoms with Crippen molar-refractivity contribution in [2.45, 2.75) is 65.4 Å². The molecular formula is C25H34Cl2N2O4S. The van der Waals surface area contributed by atoms with E-state index < -0.39 is 10.1 Å². The fourth-order valence-electron chi connectivity index (χ4n) is 3.52. The second kappa shape index (κ2) is 12.1. The molecule has 6 nitrogen and oxygen atoms in total. The fourth-order valence-corrected chi connectivity index (χ4v) is 4.87. The van der Waals surface area contributed by atoms with E-state index in [0.29, 0.717) is 5.56 Å². The molecule has 0 aromatic heterocycles. The summed E-state index contributed by atoms with van der Waals surface area (Å²) in [7, 11) is -4.19. The largest absolute Gasteiger partial charge is 0.379 e. The first-order valence-electron chi connectivity index (χ1n) is 11.5. The molecule has 1 atom stereocenters. The third-order valence-corrected chi connectivity index (χ3v) is 7.77. The Balaban J connectivity index is 2.56. The summed E-state index contributed by atoms with van der Waals surface area (Å²) in [6, 6.07) is 9.49. The number of carbonyl (C=O) groups is 1. The molecule has 0 spiro atoms. The number of rotatable bonds is 11. The van der Waals surface area contributed by atoms with Crippen molar-refractivity contribution in [3.8, 4) is 5.75 Å². The van der Waals surface area contributed by atoms with E-state index in [1.54, 1.807) is 11.0 Å². The predicted molar refractivity (Wildman–Crippen MR) is 139 cm³/mol. The number of anilines is 1. The van der Waals surface area contributed by atoms with Crippen LogP contribution in [0.4, 0.5) is 5.69 Å². The first kappa shape index (κ1) is 28.3. The van der Waals surface area contributed by atoms with Crippen LogP contribution in [0.15, 0.2) is 41.3 Å². The number of hydrogen-bond donors (Lipinski definition) is 0. The van der Waals surface area contributed by atoms with Crippen LogP contribution in [0.3, 0.4) is 0 Å². The first-order chi connectivity index (χ1) is 15.9. The van der Waals surface area contributed by atoms with E-state index in [9.17, 15) is 13.2 Å². The molecule has 0 bridgehead atoms. The number of hydrogen-bond acceptors (Lipinski definition) is 5. The highest BCUT2D eigenvalue weighted by molar-refractivity contribution is 7.87. The van der Waals surface area contributed by atoms with Crippen LogP contribution in [0.2, 0.25) is 10.0 Å². The molecule has 0 aliphatic heterocycles. The molecular weight excluding hydrogens is 495 g/mol. The van der Waals surface area contributed by atoms with E-state index in [0.717, 1.165) is 25.2 Å². The van der Waals surface area contributed by atoms with Gasteiger partial charge in [-0.25, -0.2) is 0 Å². The minimum Gasteiger partial charge on any atom is -0.379 e. The summed E-state index contributed by atoms with van der Waals surface area (Å²) < 4.78 is 31.9. The van der Waals surface area contributed by atoms with Crippen LogP contribution in [0.5, 0.6) is 5.75 Å². The Morgan fingerprint density at radius 1 is 0.971 bits per heavy atom. The minimum atomic E-state index is -4.19. The van der Waals surface area contributed by atoms with E-state index in [4.69, 9.17) is 27.4 Å². The summed E-state index contributed by atoms with van der Waals surface area (Å²) in [4.78, 5) is 16.7. The molecule has 0 aliphatic carbocycles. The quantitative estimate of drug-likeness (QED) is 0.316. The maximum absolute atomic E-state index is 13.1. The Morgan fingerprint density at radius 2 is 1.62 bits per heavy atom. The summed E-state index contributed by atoms with van der Waals surface area (Å²) in [5.74, 6) is -0.00551. The molecule has 34 heavy (non-hydrogen) atoms. The fraction of sp³-hybridized carbons (Fsp3) is 0.480. The zero-order chi connectivity index (χ0) is 25.6. The van der Waals surface area contributed by atoms with Crippen molar-refractivity contribution < 1.29 is 17.4 Å². The molecule has 0 unspecified atom stereocenters. The van der Waals surface area contributed by atoms with E-state index in [-0.39, 0.29) is 45.1 Å². The average molecular weight is 530 g/mol. The molecule has 188 valence electrons. The summed E-state index contributed by atoms with van der Waals surface area (Å²) in [6.07, 6.45) is 0.772. The monoisotopic (exact) mass is 528 g/mol. The van der Waals surface area contributed by atoms with E-state index in [1.165, 1.54) is 18.2 Å². The van der Waals surface area contributed by atoms with Gasteiger partial charge in [0.15, 0.2) is 0 Å². The summed E-state index contributed by atoms with van der Waals surface area (Å²) >= 11 is 12.0. The lowest BCUT2D eigenvalue weighted by molar-refractivity contribution is -0.137. The molecule has 2 rings (SSSR count). The van der Waals surface area contributed by atoms with Gasteiger partial charge in [0.05, 0.1) is 10.0 Å². The van der Waals surface area contributed by atoms with Gasteiger partial charge in [0, 0.05) is 48.9 Å². The van der Waals surface area contributed by atoms with Crippen LogP contribution in [-0.4, -0.2) is 38.4 Å². The summed E-state index contributed by atoms with van der Waals surface area (Å²) in [6.45, 7) is 13.5. The lowest BCUT2D eigenvalue weighted by Crippen LogP contribution is -2.40. The van der Waals surface area contributed by atoms with Crippen LogP contribution in [-0.2, 0) is 21.5 Å². The lowest BCUT2D eigenvalue weighted by Gasteiger charge is -2.31. The van der Waals surface area contributed by atoms with Crippen LogP contribution >= 0.6 is 23.2 Å². The van der Waals surface area contributed by atoms with Crippen molar-refractivity contribution in [2.24, 2.45) is 5.92 Å². The third-order valence-electron chi connectivity index (χ3n) is 5.80. The van der Waals surface area contributed by atoms with Gasteiger partial charge < -0.3 is 14.0 Å². The zero-order valence-electron chi connectivity index (χ0n) is 20.6. The molecule has 2 aromatic carbocycles. The maximum Gasteiger partial charge on any atom is 0.339 e. The Hall–Kier alpha value is -1.96. The van der Waals surface area contributed by atoms with Gasteiger partial charge in [-0.15, -0.1) is 0 Å². The smallest absolute Gasteiger partial charge is 0.339 e. The Bertz CT molecular complexity index is 1100. The van der Waals surface area contributed by atoms with Crippen LogP contribution in [0.1, 0.15) is 53.5 Å². The number of halogens is 2. The molecule has 0 aliphatic rings. The van der Waals surface area contributed by atoms with Gasteiger partial charge >= 0.3 is 10.1 Å². The van der Waals surface area contributed by atoms with Crippen molar-refractivity contribution in [1.82, 2.24) is 4.90 Å². The highest BCUT2D eigenvalue weighted by atomic mass is 35.5. The van der Waals surface area contributed by atoms with Crippen LogP contribution in [0, 0.1) is 5.92 Å². The van der Waals surface area contributed by atoms with Gasteiger partial charge in [-0.05, 0) is 51.5 Å². The van der Waals surface area contributed by atoms with E-state index in [2.05, 4.69) is 4.90 Å². The zero-order valence-corrected chi connectivity index (χ0v) is 23.0. The number of nitrogens with zero attached hydrogens (tertiary/aromatic N) is 2. The van der Waals surface area contributed by atoms with Crippen molar-refractivity contribution in [3.63, 3.8) is 0 Å². The normalized spacial score (nSPS) is 12.5. The highest BCUT2D eigenvalue weighted by Crippen LogP contribution is 2.32.